The number of nitrogens with zero attached hydrogens (tertiary/aromatic N) is 2. The average molecular weight is 252 g/mol. The summed E-state index contributed by atoms with van der Waals surface area (Å²) in [7, 11) is 3.72. The van der Waals surface area contributed by atoms with Crippen LogP contribution < -0.4 is 4.74 Å². The van der Waals surface area contributed by atoms with Gasteiger partial charge in [0.1, 0.15) is 11.6 Å². The molecule has 0 aliphatic carbocycles. The third-order valence-electron chi connectivity index (χ3n) is 3.38. The number of imidazole rings is 1. The Kier molecular flexibility index (Phi) is 2.75. The topological polar surface area (TPSA) is 27.1 Å². The summed E-state index contributed by atoms with van der Waals surface area (Å²) in [5, 5.41) is 0. The van der Waals surface area contributed by atoms with Gasteiger partial charge in [0.2, 0.25) is 0 Å². The number of aryl methyl sites for hydroxylation is 2. The Morgan fingerprint density at radius 2 is 1.89 bits per heavy atom. The maximum Gasteiger partial charge on any atom is 0.144 e. The highest BCUT2D eigenvalue weighted by Gasteiger charge is 2.13. The summed E-state index contributed by atoms with van der Waals surface area (Å²) in [6.07, 6.45) is 0. The molecule has 96 valence electrons. The first-order valence-corrected chi connectivity index (χ1v) is 6.27. The lowest BCUT2D eigenvalue weighted by Gasteiger charge is -2.07. The average Bonchev–Trinajstić information content (AvgIpc) is 2.75. The molecule has 0 atom stereocenters. The quantitative estimate of drug-likeness (QED) is 0.697. The second kappa shape index (κ2) is 4.43. The number of methoxy groups -OCH3 is 1. The first-order chi connectivity index (χ1) is 9.20. The van der Waals surface area contributed by atoms with Crippen molar-refractivity contribution in [1.29, 1.82) is 0 Å². The van der Waals surface area contributed by atoms with Crippen molar-refractivity contribution in [2.24, 2.45) is 7.05 Å². The molecule has 0 radical (unpaired) electrons. The predicted octanol–water partition coefficient (Wildman–Crippen LogP) is 3.56. The van der Waals surface area contributed by atoms with Crippen LogP contribution >= 0.6 is 0 Å². The zero-order valence-electron chi connectivity index (χ0n) is 11.3. The van der Waals surface area contributed by atoms with Crippen molar-refractivity contribution in [3.8, 4) is 17.1 Å². The molecule has 0 N–H and O–H groups in total. The van der Waals surface area contributed by atoms with Gasteiger partial charge in [-0.25, -0.2) is 4.98 Å². The molecule has 3 heteroatoms. The fourth-order valence-electron chi connectivity index (χ4n) is 2.38. The summed E-state index contributed by atoms with van der Waals surface area (Å²) in [5.74, 6) is 1.77. The minimum atomic E-state index is 0.845. The summed E-state index contributed by atoms with van der Waals surface area (Å²) in [4.78, 5) is 4.73. The molecule has 0 saturated carbocycles. The van der Waals surface area contributed by atoms with Gasteiger partial charge in [0.15, 0.2) is 0 Å². The van der Waals surface area contributed by atoms with E-state index < -0.39 is 0 Å². The summed E-state index contributed by atoms with van der Waals surface area (Å²) < 4.78 is 7.52. The van der Waals surface area contributed by atoms with Crippen LogP contribution in [0.25, 0.3) is 22.4 Å². The van der Waals surface area contributed by atoms with Crippen LogP contribution in [-0.4, -0.2) is 16.7 Å². The van der Waals surface area contributed by atoms with E-state index in [0.29, 0.717) is 0 Å². The SMILES string of the molecule is COc1ccccc1-c1nc2cc(C)ccc2n1C. The number of benzene rings is 2. The van der Waals surface area contributed by atoms with E-state index in [1.807, 2.05) is 31.3 Å². The van der Waals surface area contributed by atoms with Gasteiger partial charge in [-0.2, -0.15) is 0 Å². The van der Waals surface area contributed by atoms with Gasteiger partial charge in [-0.05, 0) is 36.8 Å². The fraction of sp³-hybridized carbons (Fsp3) is 0.188. The molecule has 0 spiro atoms. The Bertz CT molecular complexity index is 744. The monoisotopic (exact) mass is 252 g/mol. The van der Waals surface area contributed by atoms with E-state index >= 15 is 0 Å². The number of fused-ring (bicyclic) bond motifs is 1. The minimum Gasteiger partial charge on any atom is -0.496 e. The van der Waals surface area contributed by atoms with Crippen LogP contribution in [0.2, 0.25) is 0 Å². The normalized spacial score (nSPS) is 10.9. The standard InChI is InChI=1S/C16H16N2O/c1-11-8-9-14-13(10-11)17-16(18(14)2)12-6-4-5-7-15(12)19-3/h4-10H,1-3H3. The smallest absolute Gasteiger partial charge is 0.144 e. The molecule has 0 saturated heterocycles. The van der Waals surface area contributed by atoms with Crippen LogP contribution in [0.5, 0.6) is 5.75 Å². The maximum absolute atomic E-state index is 5.42. The number of para-hydroxylation sites is 1. The highest BCUT2D eigenvalue weighted by Crippen LogP contribution is 2.31. The third kappa shape index (κ3) is 1.87. The number of aromatic nitrogens is 2. The number of rotatable bonds is 2. The largest absolute Gasteiger partial charge is 0.496 e. The lowest BCUT2D eigenvalue weighted by molar-refractivity contribution is 0.416. The molecule has 3 rings (SSSR count). The van der Waals surface area contributed by atoms with Crippen molar-refractivity contribution in [2.45, 2.75) is 6.92 Å². The zero-order valence-corrected chi connectivity index (χ0v) is 11.3. The first-order valence-electron chi connectivity index (χ1n) is 6.27. The summed E-state index contributed by atoms with van der Waals surface area (Å²) in [6.45, 7) is 2.08. The van der Waals surface area contributed by atoms with Crippen molar-refractivity contribution < 1.29 is 4.74 Å². The molecule has 19 heavy (non-hydrogen) atoms. The highest BCUT2D eigenvalue weighted by atomic mass is 16.5. The minimum absolute atomic E-state index is 0.845. The van der Waals surface area contributed by atoms with Crippen LogP contribution in [0, 0.1) is 6.92 Å². The van der Waals surface area contributed by atoms with Crippen LogP contribution in [0.15, 0.2) is 42.5 Å². The van der Waals surface area contributed by atoms with E-state index in [9.17, 15) is 0 Å². The zero-order chi connectivity index (χ0) is 13.4. The molecule has 0 aliphatic heterocycles. The Morgan fingerprint density at radius 1 is 1.11 bits per heavy atom. The molecule has 3 aromatic rings. The number of hydrogen-bond donors (Lipinski definition) is 0. The van der Waals surface area contributed by atoms with Gasteiger partial charge < -0.3 is 9.30 Å². The summed E-state index contributed by atoms with van der Waals surface area (Å²) in [6, 6.07) is 14.3. The first kappa shape index (κ1) is 11.8. The van der Waals surface area contributed by atoms with E-state index in [-0.39, 0.29) is 0 Å². The molecule has 0 aliphatic rings. The van der Waals surface area contributed by atoms with Gasteiger partial charge >= 0.3 is 0 Å². The van der Waals surface area contributed by atoms with E-state index in [1.54, 1.807) is 7.11 Å². The second-order valence-electron chi connectivity index (χ2n) is 4.69. The van der Waals surface area contributed by atoms with E-state index in [2.05, 4.69) is 29.7 Å². The van der Waals surface area contributed by atoms with Crippen molar-refractivity contribution in [3.63, 3.8) is 0 Å². The molecule has 1 aromatic heterocycles. The fourth-order valence-corrected chi connectivity index (χ4v) is 2.38. The van der Waals surface area contributed by atoms with Gasteiger partial charge in [-0.15, -0.1) is 0 Å². The molecular weight excluding hydrogens is 236 g/mol. The molecule has 0 unspecified atom stereocenters. The Morgan fingerprint density at radius 3 is 2.68 bits per heavy atom. The second-order valence-corrected chi connectivity index (χ2v) is 4.69. The lowest BCUT2D eigenvalue weighted by atomic mass is 10.2. The third-order valence-corrected chi connectivity index (χ3v) is 3.38. The van der Waals surface area contributed by atoms with Crippen LogP contribution in [0.1, 0.15) is 5.56 Å². The van der Waals surface area contributed by atoms with Gasteiger partial charge in [0.25, 0.3) is 0 Å². The van der Waals surface area contributed by atoms with E-state index in [4.69, 9.17) is 9.72 Å². The highest BCUT2D eigenvalue weighted by molar-refractivity contribution is 5.82. The van der Waals surface area contributed by atoms with Crippen LogP contribution in [0.4, 0.5) is 0 Å². The maximum atomic E-state index is 5.42. The molecule has 0 fully saturated rings. The van der Waals surface area contributed by atoms with Crippen molar-refractivity contribution in [1.82, 2.24) is 9.55 Å². The summed E-state index contributed by atoms with van der Waals surface area (Å²) >= 11 is 0. The Balaban J connectivity index is 2.28. The molecule has 0 amide bonds. The summed E-state index contributed by atoms with van der Waals surface area (Å²) in [5.41, 5.74) is 4.38. The molecule has 1 heterocycles. The number of ether oxygens (including phenoxy) is 1. The van der Waals surface area contributed by atoms with Crippen molar-refractivity contribution >= 4 is 11.0 Å². The van der Waals surface area contributed by atoms with E-state index in [0.717, 1.165) is 28.2 Å². The van der Waals surface area contributed by atoms with E-state index in [1.165, 1.54) is 5.56 Å². The number of hydrogen-bond acceptors (Lipinski definition) is 2. The van der Waals surface area contributed by atoms with Gasteiger partial charge in [-0.3, -0.25) is 0 Å². The van der Waals surface area contributed by atoms with Crippen LogP contribution in [0.3, 0.4) is 0 Å². The van der Waals surface area contributed by atoms with Crippen molar-refractivity contribution in [3.05, 3.63) is 48.0 Å². The molecular formula is C16H16N2O. The Labute approximate surface area is 112 Å². The molecule has 3 nitrogen and oxygen atoms in total. The van der Waals surface area contributed by atoms with Gasteiger partial charge in [-0.1, -0.05) is 18.2 Å². The predicted molar refractivity (Wildman–Crippen MR) is 77.4 cm³/mol. The molecule has 0 bridgehead atoms. The van der Waals surface area contributed by atoms with Crippen molar-refractivity contribution in [2.75, 3.05) is 7.11 Å². The van der Waals surface area contributed by atoms with Crippen LogP contribution in [-0.2, 0) is 7.05 Å². The molecule has 2 aromatic carbocycles. The van der Waals surface area contributed by atoms with Gasteiger partial charge in [0.05, 0.1) is 23.7 Å². The van der Waals surface area contributed by atoms with Gasteiger partial charge in [0, 0.05) is 7.05 Å². The lowest BCUT2D eigenvalue weighted by Crippen LogP contribution is -1.95. The Hall–Kier alpha value is -2.29.